The molecule has 11 nitrogen and oxygen atoms in total. The number of esters is 3. The summed E-state index contributed by atoms with van der Waals surface area (Å²) >= 11 is 1.25. The van der Waals surface area contributed by atoms with Gasteiger partial charge in [0.15, 0.2) is 0 Å². The van der Waals surface area contributed by atoms with Crippen LogP contribution >= 0.6 is 11.8 Å². The first-order valence-corrected chi connectivity index (χ1v) is 12.0. The molecule has 0 radical (unpaired) electrons. The molecule has 0 amide bonds. The lowest BCUT2D eigenvalue weighted by Crippen LogP contribution is -2.59. The van der Waals surface area contributed by atoms with E-state index in [4.69, 9.17) is 18.9 Å². The van der Waals surface area contributed by atoms with Crippen molar-refractivity contribution in [3.63, 3.8) is 0 Å². The number of carbonyl (C=O) groups excluding carboxylic acids is 3. The van der Waals surface area contributed by atoms with E-state index >= 15 is 0 Å². The van der Waals surface area contributed by atoms with Crippen LogP contribution < -0.4 is 4.90 Å². The first-order chi connectivity index (χ1) is 17.1. The molecule has 1 aliphatic rings. The average molecular weight is 517 g/mol. The van der Waals surface area contributed by atoms with Crippen molar-refractivity contribution in [2.24, 2.45) is 5.11 Å². The second-order valence-electron chi connectivity index (χ2n) is 8.36. The summed E-state index contributed by atoms with van der Waals surface area (Å²) in [6, 6.07) is 10.7. The fourth-order valence-corrected chi connectivity index (χ4v) is 5.17. The van der Waals surface area contributed by atoms with E-state index in [2.05, 4.69) is 10.0 Å². The number of carbonyl (C=O) groups is 3. The maximum absolute atomic E-state index is 12.0. The van der Waals surface area contributed by atoms with Crippen molar-refractivity contribution in [3.8, 4) is 0 Å². The van der Waals surface area contributed by atoms with Gasteiger partial charge in [-0.25, -0.2) is 0 Å². The Balaban J connectivity index is 2.00. The van der Waals surface area contributed by atoms with E-state index in [9.17, 15) is 19.9 Å². The average Bonchev–Trinajstić information content (AvgIpc) is 2.80. The van der Waals surface area contributed by atoms with E-state index in [1.165, 1.54) is 32.5 Å². The van der Waals surface area contributed by atoms with Gasteiger partial charge in [0.25, 0.3) is 0 Å². The normalized spacial score (nSPS) is 23.3. The molecule has 2 aromatic rings. The minimum Gasteiger partial charge on any atom is -0.463 e. The summed E-state index contributed by atoms with van der Waals surface area (Å²) in [6.45, 7) is 3.40. The van der Waals surface area contributed by atoms with Crippen LogP contribution in [0, 0.1) is 0 Å². The van der Waals surface area contributed by atoms with E-state index in [1.54, 1.807) is 0 Å². The Hall–Kier alpha value is -3.47. The Morgan fingerprint density at radius 1 is 1.06 bits per heavy atom. The summed E-state index contributed by atoms with van der Waals surface area (Å²) < 4.78 is 22.2. The van der Waals surface area contributed by atoms with E-state index in [0.717, 1.165) is 21.4 Å². The molecule has 1 aliphatic heterocycles. The number of fused-ring (bicyclic) bond motifs is 1. The number of hydrogen-bond donors (Lipinski definition) is 0. The highest BCUT2D eigenvalue weighted by Crippen LogP contribution is 2.39. The van der Waals surface area contributed by atoms with Crippen molar-refractivity contribution >= 4 is 46.1 Å². The number of rotatable bonds is 8. The molecule has 12 heteroatoms. The molecule has 5 atom stereocenters. The van der Waals surface area contributed by atoms with Crippen molar-refractivity contribution in [1.29, 1.82) is 0 Å². The van der Waals surface area contributed by atoms with Crippen LogP contribution in [0.25, 0.3) is 21.2 Å². The molecule has 2 unspecified atom stereocenters. The molecule has 36 heavy (non-hydrogen) atoms. The van der Waals surface area contributed by atoms with Gasteiger partial charge in [0.2, 0.25) is 0 Å². The molecule has 0 spiro atoms. The van der Waals surface area contributed by atoms with Crippen LogP contribution in [0.2, 0.25) is 0 Å². The summed E-state index contributed by atoms with van der Waals surface area (Å²) in [7, 11) is 3.94. The molecule has 2 aromatic carbocycles. The van der Waals surface area contributed by atoms with Crippen LogP contribution in [0.3, 0.4) is 0 Å². The lowest BCUT2D eigenvalue weighted by molar-refractivity contribution is -0.201. The Morgan fingerprint density at radius 3 is 2.36 bits per heavy atom. The zero-order chi connectivity index (χ0) is 26.4. The Kier molecular flexibility index (Phi) is 9.03. The number of ether oxygens (including phenoxy) is 4. The number of nitrogens with zero attached hydrogens (tertiary/aromatic N) is 4. The zero-order valence-electron chi connectivity index (χ0n) is 20.6. The number of anilines is 1. The Labute approximate surface area is 212 Å². The standard InChI is InChI=1S/C24H28N4O7S/c1-13(29)32-12-20-22(33-14(2)30)21(26-27-25)23(34-15(3)31)24(35-20)36-17-9-10-18-16(11-17)7-6-8-19(18)28(4)5/h6-11,20-24H,12H2,1-5H3/t20?,21-,22-,23?,24+/m0/s1. The molecule has 3 rings (SSSR count). The summed E-state index contributed by atoms with van der Waals surface area (Å²) in [5.41, 5.74) is 9.44. The molecular formula is C24H28N4O7S. The Bertz CT molecular complexity index is 1180. The van der Waals surface area contributed by atoms with Crippen molar-refractivity contribution < 1.29 is 33.3 Å². The lowest BCUT2D eigenvalue weighted by Gasteiger charge is -2.43. The topological polar surface area (TPSA) is 140 Å². The van der Waals surface area contributed by atoms with Gasteiger partial charge < -0.3 is 23.8 Å². The highest BCUT2D eigenvalue weighted by Gasteiger charge is 2.50. The third-order valence-electron chi connectivity index (χ3n) is 5.42. The van der Waals surface area contributed by atoms with Gasteiger partial charge in [0.05, 0.1) is 0 Å². The van der Waals surface area contributed by atoms with Gasteiger partial charge in [0.1, 0.15) is 36.4 Å². The summed E-state index contributed by atoms with van der Waals surface area (Å²) in [5.74, 6) is -1.84. The molecule has 0 bridgehead atoms. The van der Waals surface area contributed by atoms with Gasteiger partial charge in [-0.05, 0) is 29.1 Å². The lowest BCUT2D eigenvalue weighted by atomic mass is 9.97. The molecule has 0 aliphatic carbocycles. The van der Waals surface area contributed by atoms with Crippen LogP contribution in [0.4, 0.5) is 5.69 Å². The molecular weight excluding hydrogens is 488 g/mol. The maximum atomic E-state index is 12.0. The fourth-order valence-electron chi connectivity index (χ4n) is 4.01. The molecule has 0 N–H and O–H groups in total. The maximum Gasteiger partial charge on any atom is 0.303 e. The molecule has 1 heterocycles. The molecule has 0 saturated carbocycles. The van der Waals surface area contributed by atoms with Gasteiger partial charge in [-0.1, -0.05) is 35.1 Å². The van der Waals surface area contributed by atoms with Gasteiger partial charge in [0, 0.05) is 55.7 Å². The Morgan fingerprint density at radius 2 is 1.75 bits per heavy atom. The first-order valence-electron chi connectivity index (χ1n) is 11.1. The first kappa shape index (κ1) is 27.1. The molecule has 0 aromatic heterocycles. The van der Waals surface area contributed by atoms with E-state index in [0.29, 0.717) is 0 Å². The predicted octanol–water partition coefficient (Wildman–Crippen LogP) is 3.83. The minimum absolute atomic E-state index is 0.251. The molecule has 1 fully saturated rings. The van der Waals surface area contributed by atoms with Crippen LogP contribution in [0.1, 0.15) is 20.8 Å². The monoisotopic (exact) mass is 516 g/mol. The second kappa shape index (κ2) is 12.0. The largest absolute Gasteiger partial charge is 0.463 e. The van der Waals surface area contributed by atoms with E-state index in [1.807, 2.05) is 55.4 Å². The number of thioether (sulfide) groups is 1. The second-order valence-corrected chi connectivity index (χ2v) is 9.53. The van der Waals surface area contributed by atoms with Crippen LogP contribution in [0.15, 0.2) is 46.4 Å². The molecule has 192 valence electrons. The quantitative estimate of drug-likeness (QED) is 0.168. The fraction of sp³-hybridized carbons (Fsp3) is 0.458. The summed E-state index contributed by atoms with van der Waals surface area (Å²) in [6.07, 6.45) is -3.18. The van der Waals surface area contributed by atoms with Crippen molar-refractivity contribution in [1.82, 2.24) is 0 Å². The third kappa shape index (κ3) is 6.60. The number of benzene rings is 2. The van der Waals surface area contributed by atoms with Crippen LogP contribution in [-0.2, 0) is 33.3 Å². The van der Waals surface area contributed by atoms with Gasteiger partial charge >= 0.3 is 17.9 Å². The van der Waals surface area contributed by atoms with Crippen molar-refractivity contribution in [2.45, 2.75) is 55.5 Å². The summed E-state index contributed by atoms with van der Waals surface area (Å²) in [4.78, 5) is 40.9. The van der Waals surface area contributed by atoms with E-state index in [-0.39, 0.29) is 6.61 Å². The van der Waals surface area contributed by atoms with Gasteiger partial charge in [-0.3, -0.25) is 14.4 Å². The third-order valence-corrected chi connectivity index (χ3v) is 6.56. The predicted molar refractivity (Wildman–Crippen MR) is 133 cm³/mol. The minimum atomic E-state index is -1.14. The summed E-state index contributed by atoms with van der Waals surface area (Å²) in [5, 5.41) is 5.84. The van der Waals surface area contributed by atoms with Crippen molar-refractivity contribution in [3.05, 3.63) is 46.8 Å². The smallest absolute Gasteiger partial charge is 0.303 e. The SMILES string of the molecule is CC(=O)OCC1O[C@H](Sc2ccc3c(N(C)C)cccc3c2)C(OC(C)=O)[C@@H](N=[N+]=[N-])[C@H]1OC(C)=O. The molecule has 1 saturated heterocycles. The van der Waals surface area contributed by atoms with E-state index < -0.39 is 47.7 Å². The highest BCUT2D eigenvalue weighted by molar-refractivity contribution is 7.99. The van der Waals surface area contributed by atoms with Crippen LogP contribution in [0.5, 0.6) is 0 Å². The van der Waals surface area contributed by atoms with Gasteiger partial charge in [-0.15, -0.1) is 0 Å². The highest BCUT2D eigenvalue weighted by atomic mass is 32.2. The van der Waals surface area contributed by atoms with Gasteiger partial charge in [-0.2, -0.15) is 0 Å². The number of azide groups is 1. The zero-order valence-corrected chi connectivity index (χ0v) is 21.4. The van der Waals surface area contributed by atoms with Crippen LogP contribution in [-0.4, -0.2) is 68.4 Å². The van der Waals surface area contributed by atoms with Crippen molar-refractivity contribution in [2.75, 3.05) is 25.6 Å². The number of hydrogen-bond acceptors (Lipinski definition) is 10.